The molecule has 1 aromatic rings. The molecule has 1 saturated heterocycles. The Bertz CT molecular complexity index is 345. The number of halogens is 1. The second-order valence-corrected chi connectivity index (χ2v) is 4.98. The molecule has 0 spiro atoms. The molecule has 0 radical (unpaired) electrons. The molecule has 0 saturated carbocycles. The fourth-order valence-corrected chi connectivity index (χ4v) is 2.11. The van der Waals surface area contributed by atoms with E-state index >= 15 is 0 Å². The fraction of sp³-hybridized carbons (Fsp3) is 0.538. The van der Waals surface area contributed by atoms with E-state index in [-0.39, 0.29) is 6.10 Å². The van der Waals surface area contributed by atoms with Crippen molar-refractivity contribution in [1.29, 1.82) is 0 Å². The number of hydrogen-bond acceptors (Lipinski definition) is 3. The Morgan fingerprint density at radius 2 is 2.18 bits per heavy atom. The summed E-state index contributed by atoms with van der Waals surface area (Å²) in [6, 6.07) is 8.18. The van der Waals surface area contributed by atoms with E-state index in [0.717, 1.165) is 11.4 Å². The van der Waals surface area contributed by atoms with Crippen LogP contribution in [0.15, 0.2) is 24.3 Å². The van der Waals surface area contributed by atoms with E-state index in [0.29, 0.717) is 19.2 Å². The second-order valence-electron chi connectivity index (χ2n) is 4.55. The first-order chi connectivity index (χ1) is 8.15. The maximum absolute atomic E-state index is 9.40. The van der Waals surface area contributed by atoms with Gasteiger partial charge in [-0.2, -0.15) is 0 Å². The first-order valence-electron chi connectivity index (χ1n) is 5.92. The maximum Gasteiger partial charge on any atom is 0.0955 e. The van der Waals surface area contributed by atoms with Crippen LogP contribution in [-0.2, 0) is 11.2 Å². The molecule has 17 heavy (non-hydrogen) atoms. The third kappa shape index (κ3) is 3.68. The van der Waals surface area contributed by atoms with Gasteiger partial charge in [-0.25, -0.2) is 0 Å². The topological polar surface area (TPSA) is 41.5 Å². The fourth-order valence-electron chi connectivity index (χ4n) is 1.99. The largest absolute Gasteiger partial charge is 0.391 e. The van der Waals surface area contributed by atoms with Gasteiger partial charge in [0.1, 0.15) is 0 Å². The molecule has 1 aliphatic heterocycles. The van der Waals surface area contributed by atoms with Gasteiger partial charge in [-0.05, 0) is 31.0 Å². The Hall–Kier alpha value is -0.610. The Morgan fingerprint density at radius 1 is 1.47 bits per heavy atom. The van der Waals surface area contributed by atoms with Gasteiger partial charge in [-0.1, -0.05) is 23.7 Å². The maximum atomic E-state index is 9.40. The average molecular weight is 256 g/mol. The van der Waals surface area contributed by atoms with Gasteiger partial charge in [0.2, 0.25) is 0 Å². The highest BCUT2D eigenvalue weighted by molar-refractivity contribution is 6.30. The van der Waals surface area contributed by atoms with Gasteiger partial charge in [0.15, 0.2) is 0 Å². The Balaban J connectivity index is 1.84. The van der Waals surface area contributed by atoms with Crippen molar-refractivity contribution in [1.82, 2.24) is 5.32 Å². The van der Waals surface area contributed by atoms with E-state index < -0.39 is 6.10 Å². The van der Waals surface area contributed by atoms with E-state index in [4.69, 9.17) is 16.3 Å². The zero-order valence-corrected chi connectivity index (χ0v) is 10.7. The van der Waals surface area contributed by atoms with Crippen LogP contribution in [0.1, 0.15) is 12.5 Å². The zero-order chi connectivity index (χ0) is 12.3. The number of rotatable bonds is 3. The minimum absolute atomic E-state index is 0.0866. The molecule has 0 aromatic heterocycles. The quantitative estimate of drug-likeness (QED) is 0.863. The van der Waals surface area contributed by atoms with Crippen LogP contribution < -0.4 is 5.32 Å². The smallest absolute Gasteiger partial charge is 0.0955 e. The van der Waals surface area contributed by atoms with Crippen molar-refractivity contribution in [2.45, 2.75) is 31.6 Å². The summed E-state index contributed by atoms with van der Waals surface area (Å²) in [7, 11) is 0. The molecule has 2 rings (SSSR count). The minimum Gasteiger partial charge on any atom is -0.391 e. The summed E-state index contributed by atoms with van der Waals surface area (Å²) in [4.78, 5) is 0. The molecule has 2 unspecified atom stereocenters. The molecular weight excluding hydrogens is 238 g/mol. The summed E-state index contributed by atoms with van der Waals surface area (Å²) < 4.78 is 5.61. The molecule has 2 N–H and O–H groups in total. The van der Waals surface area contributed by atoms with Crippen molar-refractivity contribution in [2.75, 3.05) is 13.2 Å². The molecule has 0 amide bonds. The Morgan fingerprint density at radius 3 is 2.71 bits per heavy atom. The van der Waals surface area contributed by atoms with Crippen molar-refractivity contribution in [3.63, 3.8) is 0 Å². The predicted octanol–water partition coefficient (Wildman–Crippen LogP) is 1.62. The van der Waals surface area contributed by atoms with Crippen LogP contribution in [0, 0.1) is 0 Å². The van der Waals surface area contributed by atoms with Gasteiger partial charge in [0.05, 0.1) is 18.8 Å². The highest BCUT2D eigenvalue weighted by atomic mass is 35.5. The summed E-state index contributed by atoms with van der Waals surface area (Å²) in [5.41, 5.74) is 1.24. The Kier molecular flexibility index (Phi) is 4.40. The minimum atomic E-state index is -0.418. The lowest BCUT2D eigenvalue weighted by Gasteiger charge is -2.31. The summed E-state index contributed by atoms with van der Waals surface area (Å²) in [6.45, 7) is 3.10. The second kappa shape index (κ2) is 5.83. The molecule has 4 heteroatoms. The van der Waals surface area contributed by atoms with Gasteiger partial charge >= 0.3 is 0 Å². The molecule has 3 atom stereocenters. The molecule has 1 fully saturated rings. The number of benzene rings is 1. The molecule has 1 heterocycles. The van der Waals surface area contributed by atoms with Crippen LogP contribution in [0.4, 0.5) is 0 Å². The van der Waals surface area contributed by atoms with E-state index in [2.05, 4.69) is 5.32 Å². The highest BCUT2D eigenvalue weighted by Gasteiger charge is 2.24. The lowest BCUT2D eigenvalue weighted by molar-refractivity contribution is -0.0595. The molecule has 3 nitrogen and oxygen atoms in total. The third-order valence-corrected chi connectivity index (χ3v) is 3.30. The van der Waals surface area contributed by atoms with Crippen molar-refractivity contribution in [3.8, 4) is 0 Å². The van der Waals surface area contributed by atoms with Crippen LogP contribution >= 0.6 is 11.6 Å². The van der Waals surface area contributed by atoms with Gasteiger partial charge in [0.25, 0.3) is 0 Å². The lowest BCUT2D eigenvalue weighted by Crippen LogP contribution is -2.50. The van der Waals surface area contributed by atoms with Gasteiger partial charge in [-0.3, -0.25) is 0 Å². The molecule has 0 bridgehead atoms. The van der Waals surface area contributed by atoms with E-state index in [9.17, 15) is 5.11 Å². The SMILES string of the molecule is CC(O)C1CN[C@@H](Cc2ccc(Cl)cc2)CO1. The predicted molar refractivity (Wildman–Crippen MR) is 68.4 cm³/mol. The normalized spacial score (nSPS) is 26.8. The number of hydrogen-bond donors (Lipinski definition) is 2. The van der Waals surface area contributed by atoms with Gasteiger partial charge in [-0.15, -0.1) is 0 Å². The van der Waals surface area contributed by atoms with Crippen LogP contribution in [0.25, 0.3) is 0 Å². The molecule has 1 aliphatic rings. The van der Waals surface area contributed by atoms with E-state index in [1.54, 1.807) is 6.92 Å². The van der Waals surface area contributed by atoms with Crippen LogP contribution in [0.5, 0.6) is 0 Å². The number of aliphatic hydroxyl groups is 1. The first-order valence-corrected chi connectivity index (χ1v) is 6.30. The summed E-state index contributed by atoms with van der Waals surface area (Å²) in [5, 5.41) is 13.6. The zero-order valence-electron chi connectivity index (χ0n) is 9.90. The molecular formula is C13H18ClNO2. The summed E-state index contributed by atoms with van der Waals surface area (Å²) in [5.74, 6) is 0. The summed E-state index contributed by atoms with van der Waals surface area (Å²) >= 11 is 5.84. The van der Waals surface area contributed by atoms with E-state index in [1.807, 2.05) is 24.3 Å². The van der Waals surface area contributed by atoms with Crippen LogP contribution in [0.3, 0.4) is 0 Å². The van der Waals surface area contributed by atoms with Crippen LogP contribution in [0.2, 0.25) is 5.02 Å². The standard InChI is InChI=1S/C13H18ClNO2/c1-9(16)13-7-15-12(8-17-13)6-10-2-4-11(14)5-3-10/h2-5,9,12-13,15-16H,6-8H2,1H3/t9?,12-,13?/m0/s1. The number of nitrogens with one attached hydrogen (secondary N) is 1. The molecule has 0 aliphatic carbocycles. The van der Waals surface area contributed by atoms with Gasteiger partial charge in [0, 0.05) is 17.6 Å². The number of morpholine rings is 1. The van der Waals surface area contributed by atoms with Crippen molar-refractivity contribution in [2.24, 2.45) is 0 Å². The van der Waals surface area contributed by atoms with Gasteiger partial charge < -0.3 is 15.2 Å². The Labute approximate surface area is 107 Å². The highest BCUT2D eigenvalue weighted by Crippen LogP contribution is 2.13. The monoisotopic (exact) mass is 255 g/mol. The number of aliphatic hydroxyl groups excluding tert-OH is 1. The average Bonchev–Trinajstić information content (AvgIpc) is 2.33. The van der Waals surface area contributed by atoms with E-state index in [1.165, 1.54) is 5.56 Å². The molecule has 94 valence electrons. The van der Waals surface area contributed by atoms with Crippen molar-refractivity contribution in [3.05, 3.63) is 34.9 Å². The van der Waals surface area contributed by atoms with Crippen molar-refractivity contribution >= 4 is 11.6 Å². The third-order valence-electron chi connectivity index (χ3n) is 3.05. The summed E-state index contributed by atoms with van der Waals surface area (Å²) in [6.07, 6.45) is 0.416. The number of ether oxygens (including phenoxy) is 1. The molecule has 1 aromatic carbocycles. The lowest BCUT2D eigenvalue weighted by atomic mass is 10.0. The first kappa shape index (κ1) is 12.8. The van der Waals surface area contributed by atoms with Crippen LogP contribution in [-0.4, -0.2) is 36.5 Å². The van der Waals surface area contributed by atoms with Crippen molar-refractivity contribution < 1.29 is 9.84 Å².